The van der Waals surface area contributed by atoms with Crippen LogP contribution >= 0.6 is 0 Å². The van der Waals surface area contributed by atoms with Crippen LogP contribution in [0.25, 0.3) is 0 Å². The number of nitrogens with zero attached hydrogens (tertiary/aromatic N) is 1. The summed E-state index contributed by atoms with van der Waals surface area (Å²) < 4.78 is 5.65. The third-order valence-electron chi connectivity index (χ3n) is 2.85. The third-order valence-corrected chi connectivity index (χ3v) is 2.85. The van der Waals surface area contributed by atoms with Crippen LogP contribution in [0.15, 0.2) is 18.3 Å². The third kappa shape index (κ3) is 6.60. The average Bonchev–Trinajstić information content (AvgIpc) is 2.35. The monoisotopic (exact) mass is 250 g/mol. The molecule has 0 fully saturated rings. The normalized spacial score (nSPS) is 12.4. The number of hydrogen-bond acceptors (Lipinski definition) is 3. The van der Waals surface area contributed by atoms with Crippen molar-refractivity contribution in [3.05, 3.63) is 24.0 Å². The minimum absolute atomic E-state index is 0.155. The number of pyridine rings is 1. The number of ether oxygens (including phenoxy) is 1. The van der Waals surface area contributed by atoms with E-state index in [4.69, 9.17) is 10.5 Å². The lowest BCUT2D eigenvalue weighted by Crippen LogP contribution is -2.18. The molecule has 1 unspecified atom stereocenters. The molecule has 0 radical (unpaired) electrons. The Morgan fingerprint density at radius 2 is 2.00 bits per heavy atom. The van der Waals surface area contributed by atoms with E-state index >= 15 is 0 Å². The van der Waals surface area contributed by atoms with Crippen LogP contribution in [0, 0.1) is 0 Å². The molecule has 0 aliphatic rings. The number of aromatic nitrogens is 1. The van der Waals surface area contributed by atoms with Crippen molar-refractivity contribution in [1.82, 2.24) is 4.98 Å². The lowest BCUT2D eigenvalue weighted by Gasteiger charge is -2.07. The molecule has 18 heavy (non-hydrogen) atoms. The van der Waals surface area contributed by atoms with Gasteiger partial charge in [-0.3, -0.25) is 4.98 Å². The van der Waals surface area contributed by atoms with E-state index in [1.807, 2.05) is 19.1 Å². The van der Waals surface area contributed by atoms with Gasteiger partial charge in [0.25, 0.3) is 0 Å². The topological polar surface area (TPSA) is 48.1 Å². The van der Waals surface area contributed by atoms with Crippen molar-refractivity contribution in [2.45, 2.75) is 58.4 Å². The van der Waals surface area contributed by atoms with Crippen LogP contribution in [0.5, 0.6) is 5.75 Å². The predicted octanol–water partition coefficient (Wildman–Crippen LogP) is 3.32. The fraction of sp³-hybridized carbons (Fsp3) is 0.667. The van der Waals surface area contributed by atoms with Crippen LogP contribution in [0.4, 0.5) is 0 Å². The second-order valence-electron chi connectivity index (χ2n) is 4.93. The summed E-state index contributed by atoms with van der Waals surface area (Å²) in [6, 6.07) is 4.13. The smallest absolute Gasteiger partial charge is 0.137 e. The first kappa shape index (κ1) is 15.0. The molecular formula is C15H26N2O. The standard InChI is InChI=1S/C15H26N2O/c1-3-4-5-6-7-10-18-15-9-8-14(17-12-15)11-13(2)16/h8-9,12-13H,3-7,10-11,16H2,1-2H3. The van der Waals surface area contributed by atoms with Crippen LogP contribution in [-0.2, 0) is 6.42 Å². The molecule has 3 heteroatoms. The number of rotatable bonds is 9. The molecule has 1 atom stereocenters. The van der Waals surface area contributed by atoms with E-state index in [1.165, 1.54) is 25.7 Å². The molecule has 1 heterocycles. The van der Waals surface area contributed by atoms with Crippen LogP contribution < -0.4 is 10.5 Å². The first-order valence-electron chi connectivity index (χ1n) is 7.05. The van der Waals surface area contributed by atoms with Gasteiger partial charge in [0.2, 0.25) is 0 Å². The number of unbranched alkanes of at least 4 members (excludes halogenated alkanes) is 4. The van der Waals surface area contributed by atoms with Crippen LogP contribution in [-0.4, -0.2) is 17.6 Å². The summed E-state index contributed by atoms with van der Waals surface area (Å²) in [4.78, 5) is 4.34. The Bertz CT molecular complexity index is 309. The zero-order chi connectivity index (χ0) is 13.2. The SMILES string of the molecule is CCCCCCCOc1ccc(CC(C)N)nc1. The molecule has 0 spiro atoms. The van der Waals surface area contributed by atoms with E-state index in [9.17, 15) is 0 Å². The highest BCUT2D eigenvalue weighted by Crippen LogP contribution is 2.11. The second kappa shape index (κ2) is 8.92. The first-order chi connectivity index (χ1) is 8.72. The maximum Gasteiger partial charge on any atom is 0.137 e. The molecule has 102 valence electrons. The van der Waals surface area contributed by atoms with Crippen molar-refractivity contribution in [2.75, 3.05) is 6.61 Å². The molecule has 1 aromatic rings. The van der Waals surface area contributed by atoms with E-state index in [1.54, 1.807) is 6.20 Å². The highest BCUT2D eigenvalue weighted by Gasteiger charge is 2.00. The van der Waals surface area contributed by atoms with Crippen LogP contribution in [0.3, 0.4) is 0 Å². The van der Waals surface area contributed by atoms with Crippen molar-refractivity contribution in [3.8, 4) is 5.75 Å². The Labute approximate surface area is 111 Å². The van der Waals surface area contributed by atoms with Gasteiger partial charge in [0, 0.05) is 18.2 Å². The van der Waals surface area contributed by atoms with Crippen molar-refractivity contribution in [3.63, 3.8) is 0 Å². The summed E-state index contributed by atoms with van der Waals surface area (Å²) in [5.41, 5.74) is 6.76. The van der Waals surface area contributed by atoms with Crippen LogP contribution in [0.1, 0.15) is 51.6 Å². The van der Waals surface area contributed by atoms with Gasteiger partial charge in [-0.1, -0.05) is 32.6 Å². The predicted molar refractivity (Wildman–Crippen MR) is 75.8 cm³/mol. The minimum Gasteiger partial charge on any atom is -0.492 e. The largest absolute Gasteiger partial charge is 0.492 e. The fourth-order valence-electron chi connectivity index (χ4n) is 1.84. The Balaban J connectivity index is 2.18. The van der Waals surface area contributed by atoms with Crippen molar-refractivity contribution >= 4 is 0 Å². The Morgan fingerprint density at radius 1 is 1.22 bits per heavy atom. The Hall–Kier alpha value is -1.09. The maximum absolute atomic E-state index is 5.73. The lowest BCUT2D eigenvalue weighted by molar-refractivity contribution is 0.303. The summed E-state index contributed by atoms with van der Waals surface area (Å²) in [6.07, 6.45) is 8.91. The quantitative estimate of drug-likeness (QED) is 0.684. The molecule has 3 nitrogen and oxygen atoms in total. The van der Waals surface area contributed by atoms with Crippen LogP contribution in [0.2, 0.25) is 0 Å². The summed E-state index contributed by atoms with van der Waals surface area (Å²) >= 11 is 0. The number of hydrogen-bond donors (Lipinski definition) is 1. The number of nitrogens with two attached hydrogens (primary N) is 1. The van der Waals surface area contributed by atoms with E-state index in [0.717, 1.165) is 30.9 Å². The molecule has 1 aromatic heterocycles. The summed E-state index contributed by atoms with van der Waals surface area (Å²) in [6.45, 7) is 5.01. The molecule has 0 aliphatic carbocycles. The molecule has 0 saturated heterocycles. The molecule has 0 aromatic carbocycles. The lowest BCUT2D eigenvalue weighted by atomic mass is 10.2. The van der Waals surface area contributed by atoms with Gasteiger partial charge in [-0.15, -0.1) is 0 Å². The van der Waals surface area contributed by atoms with Gasteiger partial charge >= 0.3 is 0 Å². The van der Waals surface area contributed by atoms with Crippen molar-refractivity contribution in [2.24, 2.45) is 5.73 Å². The van der Waals surface area contributed by atoms with E-state index in [-0.39, 0.29) is 6.04 Å². The zero-order valence-electron chi connectivity index (χ0n) is 11.7. The van der Waals surface area contributed by atoms with Gasteiger partial charge in [0.05, 0.1) is 12.8 Å². The first-order valence-corrected chi connectivity index (χ1v) is 7.05. The van der Waals surface area contributed by atoms with E-state index in [0.29, 0.717) is 0 Å². The molecular weight excluding hydrogens is 224 g/mol. The Kier molecular flexibility index (Phi) is 7.42. The summed E-state index contributed by atoms with van der Waals surface area (Å²) in [5.74, 6) is 0.860. The van der Waals surface area contributed by atoms with E-state index in [2.05, 4.69) is 11.9 Å². The summed E-state index contributed by atoms with van der Waals surface area (Å²) in [7, 11) is 0. The highest BCUT2D eigenvalue weighted by molar-refractivity contribution is 5.20. The van der Waals surface area contributed by atoms with Gasteiger partial charge in [-0.05, 0) is 25.5 Å². The highest BCUT2D eigenvalue weighted by atomic mass is 16.5. The molecule has 2 N–H and O–H groups in total. The van der Waals surface area contributed by atoms with Gasteiger partial charge in [0.1, 0.15) is 5.75 Å². The zero-order valence-corrected chi connectivity index (χ0v) is 11.7. The van der Waals surface area contributed by atoms with Gasteiger partial charge in [-0.25, -0.2) is 0 Å². The Morgan fingerprint density at radius 3 is 2.61 bits per heavy atom. The van der Waals surface area contributed by atoms with Crippen molar-refractivity contribution < 1.29 is 4.74 Å². The molecule has 0 bridgehead atoms. The maximum atomic E-state index is 5.73. The van der Waals surface area contributed by atoms with Gasteiger partial charge in [-0.2, -0.15) is 0 Å². The molecule has 0 saturated carbocycles. The molecule has 1 rings (SSSR count). The van der Waals surface area contributed by atoms with Crippen molar-refractivity contribution in [1.29, 1.82) is 0 Å². The average molecular weight is 250 g/mol. The van der Waals surface area contributed by atoms with E-state index < -0.39 is 0 Å². The summed E-state index contributed by atoms with van der Waals surface area (Å²) in [5, 5.41) is 0. The van der Waals surface area contributed by atoms with Gasteiger partial charge in [0.15, 0.2) is 0 Å². The van der Waals surface area contributed by atoms with Gasteiger partial charge < -0.3 is 10.5 Å². The minimum atomic E-state index is 0.155. The second-order valence-corrected chi connectivity index (χ2v) is 4.93. The molecule has 0 amide bonds. The fourth-order valence-corrected chi connectivity index (χ4v) is 1.84. The molecule has 0 aliphatic heterocycles.